The maximum Gasteiger partial charge on any atom is 0.333 e. The topological polar surface area (TPSA) is 84.2 Å². The van der Waals surface area contributed by atoms with Gasteiger partial charge in [-0.05, 0) is 24.3 Å². The number of benzene rings is 1. The van der Waals surface area contributed by atoms with Gasteiger partial charge in [-0.3, -0.25) is 13.9 Å². The van der Waals surface area contributed by atoms with Gasteiger partial charge in [-0.2, -0.15) is 0 Å². The molecular weight excluding hydrogens is 410 g/mol. The van der Waals surface area contributed by atoms with E-state index in [1.165, 1.54) is 28.6 Å². The number of methoxy groups -OCH3 is 1. The van der Waals surface area contributed by atoms with Gasteiger partial charge in [0.05, 0.1) is 26.0 Å². The molecule has 0 N–H and O–H groups in total. The summed E-state index contributed by atoms with van der Waals surface area (Å²) in [4.78, 5) is 30.6. The van der Waals surface area contributed by atoms with Gasteiger partial charge in [0.2, 0.25) is 0 Å². The molecule has 1 aromatic carbocycles. The van der Waals surface area contributed by atoms with E-state index in [0.29, 0.717) is 5.76 Å². The zero-order valence-electron chi connectivity index (χ0n) is 17.0. The molecule has 0 aliphatic carbocycles. The van der Waals surface area contributed by atoms with Crippen molar-refractivity contribution in [2.45, 2.75) is 19.5 Å². The first-order valence-corrected chi connectivity index (χ1v) is 9.55. The second kappa shape index (κ2) is 8.31. The van der Waals surface area contributed by atoms with Crippen molar-refractivity contribution in [3.8, 4) is 0 Å². The molecule has 0 saturated carbocycles. The first kappa shape index (κ1) is 20.7. The van der Waals surface area contributed by atoms with Gasteiger partial charge in [0.25, 0.3) is 5.56 Å². The molecule has 0 bridgehead atoms. The third-order valence-corrected chi connectivity index (χ3v) is 5.14. The van der Waals surface area contributed by atoms with Crippen LogP contribution in [0.2, 0.25) is 0 Å². The van der Waals surface area contributed by atoms with Crippen LogP contribution in [0.15, 0.2) is 50.6 Å². The number of ether oxygens (including phenoxy) is 1. The van der Waals surface area contributed by atoms with Gasteiger partial charge in [0.1, 0.15) is 23.2 Å². The van der Waals surface area contributed by atoms with Crippen molar-refractivity contribution in [3.05, 3.63) is 86.2 Å². The van der Waals surface area contributed by atoms with Gasteiger partial charge in [-0.15, -0.1) is 0 Å². The molecule has 0 radical (unpaired) electrons. The Kier molecular flexibility index (Phi) is 5.55. The number of furan rings is 1. The number of fused-ring (bicyclic) bond motifs is 1. The zero-order valence-corrected chi connectivity index (χ0v) is 17.0. The summed E-state index contributed by atoms with van der Waals surface area (Å²) in [5.74, 6) is -0.684. The van der Waals surface area contributed by atoms with E-state index in [9.17, 15) is 18.4 Å². The van der Waals surface area contributed by atoms with Gasteiger partial charge >= 0.3 is 5.69 Å². The number of hydrogen-bond donors (Lipinski definition) is 0. The Morgan fingerprint density at radius 3 is 2.48 bits per heavy atom. The van der Waals surface area contributed by atoms with Crippen molar-refractivity contribution < 1.29 is 17.9 Å². The van der Waals surface area contributed by atoms with Crippen molar-refractivity contribution in [2.24, 2.45) is 7.05 Å². The third-order valence-electron chi connectivity index (χ3n) is 5.14. The van der Waals surface area contributed by atoms with E-state index in [1.54, 1.807) is 19.2 Å². The van der Waals surface area contributed by atoms with Crippen LogP contribution in [-0.4, -0.2) is 32.4 Å². The number of aryl methyl sites for hydroxylation is 1. The Hall–Kier alpha value is -3.53. The summed E-state index contributed by atoms with van der Waals surface area (Å²) >= 11 is 0. The van der Waals surface area contributed by atoms with Crippen LogP contribution < -0.4 is 11.2 Å². The summed E-state index contributed by atoms with van der Waals surface area (Å²) in [5.41, 5.74) is -1.03. The van der Waals surface area contributed by atoms with Crippen LogP contribution >= 0.6 is 0 Å². The number of halogens is 2. The molecule has 0 fully saturated rings. The number of hydrogen-bond acceptors (Lipinski definition) is 5. The van der Waals surface area contributed by atoms with Crippen LogP contribution in [0.25, 0.3) is 11.2 Å². The number of nitrogens with zero attached hydrogens (tertiary/aromatic N) is 4. The molecule has 3 heterocycles. The second-order valence-corrected chi connectivity index (χ2v) is 7.03. The highest BCUT2D eigenvalue weighted by molar-refractivity contribution is 5.71. The molecule has 4 rings (SSSR count). The van der Waals surface area contributed by atoms with E-state index in [-0.39, 0.29) is 48.7 Å². The molecule has 0 unspecified atom stereocenters. The Bertz CT molecular complexity index is 1330. The van der Waals surface area contributed by atoms with E-state index in [4.69, 9.17) is 9.15 Å². The van der Waals surface area contributed by atoms with E-state index in [2.05, 4.69) is 4.98 Å². The summed E-state index contributed by atoms with van der Waals surface area (Å²) in [6, 6.07) is 6.97. The van der Waals surface area contributed by atoms with Crippen molar-refractivity contribution >= 4 is 11.2 Å². The molecule has 0 saturated heterocycles. The van der Waals surface area contributed by atoms with Gasteiger partial charge < -0.3 is 13.7 Å². The Balaban J connectivity index is 1.93. The smallest absolute Gasteiger partial charge is 0.333 e. The molecule has 8 nitrogen and oxygen atoms in total. The monoisotopic (exact) mass is 430 g/mol. The molecule has 4 aromatic rings. The highest BCUT2D eigenvalue weighted by atomic mass is 19.1. The standard InChI is InChI=1S/C21H20F2N4O4/c1-25-17(11-14-15(22)6-3-7-16(14)23)24-19-18(25)20(28)26(8-10-30-2)21(29)27(19)12-13-5-4-9-31-13/h3-7,9H,8,10-12H2,1-2H3. The summed E-state index contributed by atoms with van der Waals surface area (Å²) in [6.45, 7) is 0.247. The van der Waals surface area contributed by atoms with Crippen LogP contribution in [-0.2, 0) is 31.3 Å². The summed E-state index contributed by atoms with van der Waals surface area (Å²) in [6.07, 6.45) is 1.29. The number of rotatable bonds is 7. The largest absolute Gasteiger partial charge is 0.467 e. The maximum absolute atomic E-state index is 14.2. The molecule has 0 aliphatic heterocycles. The molecule has 0 spiro atoms. The summed E-state index contributed by atoms with van der Waals surface area (Å²) < 4.78 is 42.6. The Morgan fingerprint density at radius 2 is 1.84 bits per heavy atom. The molecule has 10 heteroatoms. The first-order chi connectivity index (χ1) is 14.9. The lowest BCUT2D eigenvalue weighted by molar-refractivity contribution is 0.184. The lowest BCUT2D eigenvalue weighted by atomic mass is 10.1. The molecule has 31 heavy (non-hydrogen) atoms. The van der Waals surface area contributed by atoms with E-state index in [1.807, 2.05) is 0 Å². The van der Waals surface area contributed by atoms with Crippen LogP contribution in [0.1, 0.15) is 17.1 Å². The average molecular weight is 430 g/mol. The lowest BCUT2D eigenvalue weighted by Crippen LogP contribution is -2.41. The van der Waals surface area contributed by atoms with Crippen LogP contribution in [0, 0.1) is 11.6 Å². The van der Waals surface area contributed by atoms with Crippen molar-refractivity contribution in [3.63, 3.8) is 0 Å². The Labute approximate surface area is 174 Å². The van der Waals surface area contributed by atoms with Gasteiger partial charge in [0, 0.05) is 26.1 Å². The van der Waals surface area contributed by atoms with Crippen LogP contribution in [0.4, 0.5) is 8.78 Å². The van der Waals surface area contributed by atoms with Gasteiger partial charge in [-0.1, -0.05) is 6.07 Å². The molecule has 0 atom stereocenters. The predicted octanol–water partition coefficient (Wildman–Crippen LogP) is 2.05. The van der Waals surface area contributed by atoms with Gasteiger partial charge in [-0.25, -0.2) is 18.6 Å². The average Bonchev–Trinajstić information content (AvgIpc) is 3.36. The quantitative estimate of drug-likeness (QED) is 0.448. The van der Waals surface area contributed by atoms with Gasteiger partial charge in [0.15, 0.2) is 11.2 Å². The minimum atomic E-state index is -0.711. The van der Waals surface area contributed by atoms with Crippen LogP contribution in [0.3, 0.4) is 0 Å². The highest BCUT2D eigenvalue weighted by Gasteiger charge is 2.22. The molecule has 162 valence electrons. The fraction of sp³-hybridized carbons (Fsp3) is 0.286. The normalized spacial score (nSPS) is 11.5. The minimum Gasteiger partial charge on any atom is -0.467 e. The van der Waals surface area contributed by atoms with Crippen molar-refractivity contribution in [1.29, 1.82) is 0 Å². The fourth-order valence-electron chi connectivity index (χ4n) is 3.51. The third kappa shape index (κ3) is 3.70. The number of imidazole rings is 1. The summed E-state index contributed by atoms with van der Waals surface area (Å²) in [7, 11) is 3.04. The first-order valence-electron chi connectivity index (χ1n) is 9.55. The Morgan fingerprint density at radius 1 is 1.10 bits per heavy atom. The van der Waals surface area contributed by atoms with E-state index < -0.39 is 22.9 Å². The molecular formula is C21H20F2N4O4. The molecule has 3 aromatic heterocycles. The van der Waals surface area contributed by atoms with Crippen LogP contribution in [0.5, 0.6) is 0 Å². The summed E-state index contributed by atoms with van der Waals surface area (Å²) in [5, 5.41) is 0. The molecule has 0 aliphatic rings. The van der Waals surface area contributed by atoms with E-state index >= 15 is 0 Å². The lowest BCUT2D eigenvalue weighted by Gasteiger charge is -2.10. The highest BCUT2D eigenvalue weighted by Crippen LogP contribution is 2.19. The number of aromatic nitrogens is 4. The SMILES string of the molecule is COCCn1c(=O)c2c(nc(Cc3c(F)cccc3F)n2C)n(Cc2ccco2)c1=O. The molecule has 0 amide bonds. The fourth-order valence-corrected chi connectivity index (χ4v) is 3.51. The maximum atomic E-state index is 14.2. The van der Waals surface area contributed by atoms with Crippen molar-refractivity contribution in [2.75, 3.05) is 13.7 Å². The second-order valence-electron chi connectivity index (χ2n) is 7.03. The zero-order chi connectivity index (χ0) is 22.1. The minimum absolute atomic E-state index is 0.0418. The van der Waals surface area contributed by atoms with E-state index in [0.717, 1.165) is 16.7 Å². The van der Waals surface area contributed by atoms with Crippen molar-refractivity contribution in [1.82, 2.24) is 18.7 Å². The predicted molar refractivity (Wildman–Crippen MR) is 108 cm³/mol.